The van der Waals surface area contributed by atoms with Gasteiger partial charge in [0.25, 0.3) is 5.91 Å². The van der Waals surface area contributed by atoms with E-state index in [1.54, 1.807) is 11.9 Å². The minimum atomic E-state index is -0.176. The summed E-state index contributed by atoms with van der Waals surface area (Å²) in [6.45, 7) is 1.61. The van der Waals surface area contributed by atoms with Gasteiger partial charge < -0.3 is 15.5 Å². The molecular weight excluding hydrogens is 378 g/mol. The van der Waals surface area contributed by atoms with E-state index in [0.29, 0.717) is 17.9 Å². The normalized spacial score (nSPS) is 33.4. The molecule has 4 fully saturated rings. The molecule has 2 saturated carbocycles. The first kappa shape index (κ1) is 21.6. The van der Waals surface area contributed by atoms with Gasteiger partial charge in [0.2, 0.25) is 11.9 Å². The van der Waals surface area contributed by atoms with E-state index >= 15 is 0 Å². The van der Waals surface area contributed by atoms with Crippen LogP contribution < -0.4 is 10.6 Å². The van der Waals surface area contributed by atoms with Gasteiger partial charge in [-0.15, -0.1) is 0 Å². The number of hydrogen-bond donors (Lipinski definition) is 3. The Morgan fingerprint density at radius 3 is 2.53 bits per heavy atom. The lowest BCUT2D eigenvalue weighted by atomic mass is 9.81. The number of guanidine groups is 1. The van der Waals surface area contributed by atoms with E-state index in [1.807, 2.05) is 0 Å². The number of nitrogens with one attached hydrogen (secondary N) is 3. The van der Waals surface area contributed by atoms with Crippen LogP contribution in [0.1, 0.15) is 77.0 Å². The molecule has 2 heterocycles. The molecule has 0 radical (unpaired) electrons. The molecular formula is C23H39N5O2. The summed E-state index contributed by atoms with van der Waals surface area (Å²) in [5, 5.41) is 15.0. The smallest absolute Gasteiger partial charge is 0.251 e. The maximum absolute atomic E-state index is 12.9. The van der Waals surface area contributed by atoms with E-state index in [4.69, 9.17) is 5.41 Å². The summed E-state index contributed by atoms with van der Waals surface area (Å²) < 4.78 is 0. The maximum atomic E-state index is 12.9. The minimum Gasteiger partial charge on any atom is -0.355 e. The van der Waals surface area contributed by atoms with Crippen LogP contribution >= 0.6 is 0 Å². The molecule has 2 aliphatic heterocycles. The van der Waals surface area contributed by atoms with Gasteiger partial charge in [0.1, 0.15) is 6.04 Å². The molecule has 30 heavy (non-hydrogen) atoms. The lowest BCUT2D eigenvalue weighted by Crippen LogP contribution is -2.45. The van der Waals surface area contributed by atoms with Crippen LogP contribution in [0.15, 0.2) is 0 Å². The van der Waals surface area contributed by atoms with E-state index in [1.165, 1.54) is 32.1 Å². The molecule has 0 bridgehead atoms. The van der Waals surface area contributed by atoms with Gasteiger partial charge in [-0.05, 0) is 43.9 Å². The third kappa shape index (κ3) is 4.82. The van der Waals surface area contributed by atoms with Crippen LogP contribution in [0.2, 0.25) is 0 Å². The third-order valence-electron chi connectivity index (χ3n) is 7.91. The summed E-state index contributed by atoms with van der Waals surface area (Å²) in [5.41, 5.74) is 0. The molecule has 168 valence electrons. The molecule has 0 aromatic heterocycles. The summed E-state index contributed by atoms with van der Waals surface area (Å²) in [6, 6.07) is 0.139. The number of carbonyl (C=O) groups is 2. The zero-order valence-corrected chi connectivity index (χ0v) is 18.5. The molecule has 0 unspecified atom stereocenters. The number of hydrogen-bond acceptors (Lipinski definition) is 4. The van der Waals surface area contributed by atoms with Crippen molar-refractivity contribution in [2.24, 2.45) is 11.8 Å². The maximum Gasteiger partial charge on any atom is 0.251 e. The van der Waals surface area contributed by atoms with E-state index in [9.17, 15) is 9.59 Å². The summed E-state index contributed by atoms with van der Waals surface area (Å²) in [7, 11) is 1.75. The molecule has 7 heteroatoms. The van der Waals surface area contributed by atoms with Gasteiger partial charge in [-0.1, -0.05) is 44.9 Å². The predicted molar refractivity (Wildman–Crippen MR) is 117 cm³/mol. The van der Waals surface area contributed by atoms with Crippen molar-refractivity contribution in [2.45, 2.75) is 95.2 Å². The van der Waals surface area contributed by atoms with Crippen molar-refractivity contribution in [1.29, 1.82) is 5.41 Å². The Morgan fingerprint density at radius 1 is 1.03 bits per heavy atom. The highest BCUT2D eigenvalue weighted by molar-refractivity contribution is 6.04. The fraction of sp³-hybridized carbons (Fsp3) is 0.870. The van der Waals surface area contributed by atoms with Crippen LogP contribution in [0.4, 0.5) is 0 Å². The quantitative estimate of drug-likeness (QED) is 0.594. The van der Waals surface area contributed by atoms with Gasteiger partial charge in [-0.25, -0.2) is 0 Å². The zero-order valence-electron chi connectivity index (χ0n) is 18.5. The Kier molecular flexibility index (Phi) is 6.96. The highest BCUT2D eigenvalue weighted by Gasteiger charge is 2.42. The predicted octanol–water partition coefficient (Wildman–Crippen LogP) is 2.46. The second kappa shape index (κ2) is 9.67. The van der Waals surface area contributed by atoms with Gasteiger partial charge in [0.15, 0.2) is 0 Å². The van der Waals surface area contributed by atoms with Crippen LogP contribution in [0, 0.1) is 17.2 Å². The van der Waals surface area contributed by atoms with Gasteiger partial charge in [0.05, 0.1) is 6.04 Å². The minimum absolute atomic E-state index is 0.0480. The van der Waals surface area contributed by atoms with Crippen LogP contribution in [0.3, 0.4) is 0 Å². The van der Waals surface area contributed by atoms with Gasteiger partial charge >= 0.3 is 0 Å². The molecule has 2 amide bonds. The first-order valence-electron chi connectivity index (χ1n) is 12.2. The standard InChI is InChI=1S/C23H39N5O2/c1-27-22(30)20(28(23(27)24)13-11-16-6-3-2-4-7-16)15-17-8-5-9-18(14-17)26-19-10-12-25-21(19)29/h16-20,24,26H,2-15H2,1H3,(H,25,29)/t17-,18-,19-,20+/m0/s1. The third-order valence-corrected chi connectivity index (χ3v) is 7.91. The first-order chi connectivity index (χ1) is 14.5. The molecule has 4 aliphatic rings. The molecule has 0 spiro atoms. The highest BCUT2D eigenvalue weighted by atomic mass is 16.2. The van der Waals surface area contributed by atoms with Crippen molar-refractivity contribution in [1.82, 2.24) is 20.4 Å². The van der Waals surface area contributed by atoms with Gasteiger partial charge in [-0.3, -0.25) is 19.9 Å². The molecule has 4 atom stereocenters. The SMILES string of the molecule is CN1C(=N)N(CCC2CCCCC2)[C@H](C[C@H]2CCC[C@H](N[C@H]3CCNC3=O)C2)C1=O. The monoisotopic (exact) mass is 417 g/mol. The van der Waals surface area contributed by atoms with Crippen molar-refractivity contribution in [3.05, 3.63) is 0 Å². The highest BCUT2D eigenvalue weighted by Crippen LogP contribution is 2.33. The van der Waals surface area contributed by atoms with E-state index < -0.39 is 0 Å². The number of likely N-dealkylation sites (N-methyl/N-ethyl adjacent to an activating group) is 1. The second-order valence-corrected chi connectivity index (χ2v) is 9.99. The van der Waals surface area contributed by atoms with Crippen molar-refractivity contribution < 1.29 is 9.59 Å². The molecule has 3 N–H and O–H groups in total. The van der Waals surface area contributed by atoms with E-state index in [2.05, 4.69) is 15.5 Å². The van der Waals surface area contributed by atoms with Crippen molar-refractivity contribution >= 4 is 17.8 Å². The Hall–Kier alpha value is -1.63. The van der Waals surface area contributed by atoms with Crippen molar-refractivity contribution in [3.8, 4) is 0 Å². The van der Waals surface area contributed by atoms with Crippen LogP contribution in [-0.2, 0) is 9.59 Å². The summed E-state index contributed by atoms with van der Waals surface area (Å²) >= 11 is 0. The van der Waals surface area contributed by atoms with Crippen molar-refractivity contribution in [3.63, 3.8) is 0 Å². The lowest BCUT2D eigenvalue weighted by Gasteiger charge is -2.34. The molecule has 0 aromatic rings. The second-order valence-electron chi connectivity index (χ2n) is 9.99. The van der Waals surface area contributed by atoms with Crippen molar-refractivity contribution in [2.75, 3.05) is 20.1 Å². The lowest BCUT2D eigenvalue weighted by molar-refractivity contribution is -0.127. The van der Waals surface area contributed by atoms with Crippen LogP contribution in [-0.4, -0.2) is 65.8 Å². The Labute approximate surface area is 180 Å². The summed E-state index contributed by atoms with van der Waals surface area (Å²) in [4.78, 5) is 28.5. The van der Waals surface area contributed by atoms with E-state index in [-0.39, 0.29) is 23.9 Å². The summed E-state index contributed by atoms with van der Waals surface area (Å²) in [6.07, 6.45) is 13.9. The molecule has 4 rings (SSSR count). The molecule has 0 aromatic carbocycles. The fourth-order valence-electron chi connectivity index (χ4n) is 6.10. The molecule has 2 aliphatic carbocycles. The fourth-order valence-corrected chi connectivity index (χ4v) is 6.10. The Bertz CT molecular complexity index is 648. The Morgan fingerprint density at radius 2 is 1.80 bits per heavy atom. The van der Waals surface area contributed by atoms with Crippen LogP contribution in [0.5, 0.6) is 0 Å². The van der Waals surface area contributed by atoms with Crippen LogP contribution in [0.25, 0.3) is 0 Å². The largest absolute Gasteiger partial charge is 0.355 e. The first-order valence-corrected chi connectivity index (χ1v) is 12.2. The number of nitrogens with zero attached hydrogens (tertiary/aromatic N) is 2. The topological polar surface area (TPSA) is 88.5 Å². The number of amides is 2. The number of carbonyl (C=O) groups excluding carboxylic acids is 2. The average molecular weight is 418 g/mol. The van der Waals surface area contributed by atoms with Gasteiger partial charge in [0, 0.05) is 26.2 Å². The zero-order chi connectivity index (χ0) is 21.1. The average Bonchev–Trinajstić information content (AvgIpc) is 3.24. The summed E-state index contributed by atoms with van der Waals surface area (Å²) in [5.74, 6) is 1.84. The Balaban J connectivity index is 1.33. The molecule has 7 nitrogen and oxygen atoms in total. The van der Waals surface area contributed by atoms with E-state index in [0.717, 1.165) is 64.0 Å². The molecule has 2 saturated heterocycles. The number of rotatable bonds is 7. The van der Waals surface area contributed by atoms with Gasteiger partial charge in [-0.2, -0.15) is 0 Å².